The quantitative estimate of drug-likeness (QED) is 0.166. The van der Waals surface area contributed by atoms with Crippen molar-refractivity contribution in [1.82, 2.24) is 0 Å². The van der Waals surface area contributed by atoms with E-state index in [0.717, 1.165) is 11.4 Å². The van der Waals surface area contributed by atoms with E-state index < -0.39 is 0 Å². The summed E-state index contributed by atoms with van der Waals surface area (Å²) in [6, 6.07) is 55.5. The summed E-state index contributed by atoms with van der Waals surface area (Å²) in [5.74, 6) is 0. The Labute approximate surface area is 359 Å². The third kappa shape index (κ3) is 6.56. The molecule has 2 aliphatic rings. The van der Waals surface area contributed by atoms with E-state index in [1.807, 2.05) is 0 Å². The third-order valence-electron chi connectivity index (χ3n) is 13.5. The normalized spacial score (nSPS) is 14.6. The molecule has 0 N–H and O–H groups in total. The number of fused-ring (bicyclic) bond motifs is 6. The fraction of sp³-hybridized carbons (Fsp3) is 0.276. The molecule has 9 rings (SSSR count). The Morgan fingerprint density at radius 2 is 0.583 bits per heavy atom. The predicted octanol–water partition coefficient (Wildman–Crippen LogP) is 16.5. The van der Waals surface area contributed by atoms with Crippen LogP contribution in [0.15, 0.2) is 146 Å². The monoisotopic (exact) mass is 784 g/mol. The molecule has 0 aliphatic heterocycles. The number of benzene rings is 7. The minimum absolute atomic E-state index is 0.0922. The molecule has 0 amide bonds. The van der Waals surface area contributed by atoms with Crippen LogP contribution in [0.2, 0.25) is 0 Å². The molecular formula is C58H60N2. The van der Waals surface area contributed by atoms with Gasteiger partial charge in [-0.1, -0.05) is 141 Å². The van der Waals surface area contributed by atoms with Crippen molar-refractivity contribution in [2.75, 3.05) is 9.80 Å². The van der Waals surface area contributed by atoms with E-state index in [1.54, 1.807) is 0 Å². The van der Waals surface area contributed by atoms with Crippen molar-refractivity contribution in [2.45, 2.75) is 105 Å². The van der Waals surface area contributed by atoms with Crippen molar-refractivity contribution in [3.63, 3.8) is 0 Å². The van der Waals surface area contributed by atoms with Gasteiger partial charge in [-0.25, -0.2) is 0 Å². The summed E-state index contributed by atoms with van der Waals surface area (Å²) in [6.07, 6.45) is 0. The van der Waals surface area contributed by atoms with Crippen molar-refractivity contribution in [2.24, 2.45) is 0 Å². The molecule has 2 aliphatic carbocycles. The molecular weight excluding hydrogens is 725 g/mol. The van der Waals surface area contributed by atoms with Gasteiger partial charge in [0.1, 0.15) is 0 Å². The van der Waals surface area contributed by atoms with Gasteiger partial charge in [-0.2, -0.15) is 0 Å². The predicted molar refractivity (Wildman–Crippen MR) is 258 cm³/mol. The zero-order valence-corrected chi connectivity index (χ0v) is 37.8. The van der Waals surface area contributed by atoms with Crippen molar-refractivity contribution in [1.29, 1.82) is 0 Å². The van der Waals surface area contributed by atoms with Crippen molar-refractivity contribution in [3.05, 3.63) is 190 Å². The van der Waals surface area contributed by atoms with E-state index in [4.69, 9.17) is 0 Å². The summed E-state index contributed by atoms with van der Waals surface area (Å²) < 4.78 is 0. The Bertz CT molecular complexity index is 2560. The lowest BCUT2D eigenvalue weighted by molar-refractivity contribution is 0.590. The highest BCUT2D eigenvalue weighted by atomic mass is 15.1. The van der Waals surface area contributed by atoms with Crippen LogP contribution < -0.4 is 9.80 Å². The van der Waals surface area contributed by atoms with Crippen LogP contribution in [0.3, 0.4) is 0 Å². The van der Waals surface area contributed by atoms with Gasteiger partial charge in [0.05, 0.1) is 0 Å². The number of aryl methyl sites for hydroxylation is 2. The molecule has 0 bridgehead atoms. The second kappa shape index (κ2) is 13.8. The molecule has 60 heavy (non-hydrogen) atoms. The summed E-state index contributed by atoms with van der Waals surface area (Å²) in [4.78, 5) is 4.84. The Hall–Kier alpha value is -5.86. The fourth-order valence-electron chi connectivity index (χ4n) is 9.72. The van der Waals surface area contributed by atoms with Gasteiger partial charge in [-0.05, 0) is 165 Å². The second-order valence-electron chi connectivity index (χ2n) is 20.6. The van der Waals surface area contributed by atoms with Crippen molar-refractivity contribution < 1.29 is 0 Å². The molecule has 0 aromatic heterocycles. The summed E-state index contributed by atoms with van der Waals surface area (Å²) >= 11 is 0. The molecule has 302 valence electrons. The third-order valence-corrected chi connectivity index (χ3v) is 13.5. The smallest absolute Gasteiger partial charge is 0.0465 e. The van der Waals surface area contributed by atoms with Crippen LogP contribution in [0.1, 0.15) is 114 Å². The molecule has 2 heteroatoms. The van der Waals surface area contributed by atoms with Crippen molar-refractivity contribution in [3.8, 4) is 22.3 Å². The van der Waals surface area contributed by atoms with E-state index in [1.165, 1.54) is 89.5 Å². The first-order valence-electron chi connectivity index (χ1n) is 21.8. The van der Waals surface area contributed by atoms with Crippen LogP contribution in [0, 0.1) is 13.8 Å². The molecule has 2 nitrogen and oxygen atoms in total. The lowest BCUT2D eigenvalue weighted by atomic mass is 9.79. The van der Waals surface area contributed by atoms with Crippen LogP contribution in [0.4, 0.5) is 34.1 Å². The lowest BCUT2D eigenvalue weighted by Crippen LogP contribution is -2.18. The molecule has 0 atom stereocenters. The zero-order chi connectivity index (χ0) is 42.5. The van der Waals surface area contributed by atoms with Crippen LogP contribution >= 0.6 is 0 Å². The summed E-state index contributed by atoms with van der Waals surface area (Å²) in [5, 5.41) is 0. The maximum atomic E-state index is 2.53. The summed E-state index contributed by atoms with van der Waals surface area (Å²) in [5.41, 5.74) is 23.0. The van der Waals surface area contributed by atoms with Crippen LogP contribution in [-0.4, -0.2) is 0 Å². The first-order chi connectivity index (χ1) is 28.3. The molecule has 0 radical (unpaired) electrons. The fourth-order valence-corrected chi connectivity index (χ4v) is 9.72. The molecule has 0 unspecified atom stereocenters. The topological polar surface area (TPSA) is 6.48 Å². The van der Waals surface area contributed by atoms with E-state index >= 15 is 0 Å². The Morgan fingerprint density at radius 1 is 0.317 bits per heavy atom. The zero-order valence-electron chi connectivity index (χ0n) is 37.8. The number of anilines is 6. The molecule has 0 heterocycles. The number of nitrogens with zero attached hydrogens (tertiary/aromatic N) is 2. The van der Waals surface area contributed by atoms with E-state index in [0.29, 0.717) is 0 Å². The Morgan fingerprint density at radius 3 is 0.883 bits per heavy atom. The van der Waals surface area contributed by atoms with Gasteiger partial charge < -0.3 is 9.80 Å². The van der Waals surface area contributed by atoms with Crippen LogP contribution in [0.5, 0.6) is 0 Å². The highest BCUT2D eigenvalue weighted by Gasteiger charge is 2.42. The summed E-state index contributed by atoms with van der Waals surface area (Å²) in [6.45, 7) is 27.6. The minimum Gasteiger partial charge on any atom is -0.310 e. The molecule has 0 saturated carbocycles. The Kier molecular flexibility index (Phi) is 9.14. The SMILES string of the molecule is Cc1ccc(N(c2ccc(C(C)(C)C)cc2)c2ccc3c(c2)C(C)(C)c2cc4c(cc2-3)C(C)(C)c2cc(N(c3ccc(C)cc3)c3ccc(C(C)(C)C)cc3)ccc2-4)cc1. The first-order valence-corrected chi connectivity index (χ1v) is 21.8. The number of rotatable bonds is 6. The van der Waals surface area contributed by atoms with Crippen LogP contribution in [0.25, 0.3) is 22.3 Å². The molecule has 0 saturated heterocycles. The molecule has 0 spiro atoms. The van der Waals surface area contributed by atoms with Gasteiger partial charge in [0.25, 0.3) is 0 Å². The van der Waals surface area contributed by atoms with Gasteiger partial charge >= 0.3 is 0 Å². The second-order valence-corrected chi connectivity index (χ2v) is 20.6. The minimum atomic E-state index is -0.182. The average Bonchev–Trinajstić information content (AvgIpc) is 3.57. The number of hydrogen-bond donors (Lipinski definition) is 0. The Balaban J connectivity index is 1.12. The molecule has 7 aromatic rings. The van der Waals surface area contributed by atoms with Gasteiger partial charge in [-0.3, -0.25) is 0 Å². The largest absolute Gasteiger partial charge is 0.310 e. The maximum Gasteiger partial charge on any atom is 0.0465 e. The average molecular weight is 785 g/mol. The van der Waals surface area contributed by atoms with Gasteiger partial charge in [0.2, 0.25) is 0 Å². The molecule has 7 aromatic carbocycles. The standard InChI is InChI=1S/C58H60N2/c1-37-13-21-41(22-14-37)59(43-25-17-39(18-26-43)55(3,4)5)45-29-31-47-49-35-54-50(36-53(49)57(9,10)51(47)33-45)48-32-30-46(34-52(48)58(54,11)12)60(42-23-15-38(2)16-24-42)44-27-19-40(20-28-44)56(6,7)8/h13-36H,1-12H3. The van der Waals surface area contributed by atoms with E-state index in [-0.39, 0.29) is 21.7 Å². The lowest BCUT2D eigenvalue weighted by Gasteiger charge is -2.29. The van der Waals surface area contributed by atoms with E-state index in [9.17, 15) is 0 Å². The van der Waals surface area contributed by atoms with Gasteiger partial charge in [0.15, 0.2) is 0 Å². The summed E-state index contributed by atoms with van der Waals surface area (Å²) in [7, 11) is 0. The first kappa shape index (κ1) is 39.6. The van der Waals surface area contributed by atoms with Gasteiger partial charge in [-0.15, -0.1) is 0 Å². The van der Waals surface area contributed by atoms with E-state index in [2.05, 4.69) is 238 Å². The highest BCUT2D eigenvalue weighted by Crippen LogP contribution is 2.57. The van der Waals surface area contributed by atoms with Crippen molar-refractivity contribution >= 4 is 34.1 Å². The number of hydrogen-bond acceptors (Lipinski definition) is 2. The van der Waals surface area contributed by atoms with Crippen LogP contribution in [-0.2, 0) is 21.7 Å². The maximum absolute atomic E-state index is 2.53. The highest BCUT2D eigenvalue weighted by molar-refractivity contribution is 5.92. The molecule has 0 fully saturated rings. The van der Waals surface area contributed by atoms with Gasteiger partial charge in [0, 0.05) is 45.0 Å².